The molecule has 0 saturated heterocycles. The van der Waals surface area contributed by atoms with E-state index < -0.39 is 0 Å². The molecule has 0 bridgehead atoms. The molecule has 74 valence electrons. The van der Waals surface area contributed by atoms with Gasteiger partial charge in [-0.1, -0.05) is 13.8 Å². The van der Waals surface area contributed by atoms with Gasteiger partial charge >= 0.3 is 0 Å². The van der Waals surface area contributed by atoms with E-state index in [0.717, 1.165) is 17.1 Å². The van der Waals surface area contributed by atoms with Crippen LogP contribution in [0.2, 0.25) is 0 Å². The average molecular weight is 202 g/mol. The second kappa shape index (κ2) is 6.92. The SMILES string of the molecule is CC.CC[NH2+]c1cc(F)ccc1S. The van der Waals surface area contributed by atoms with Gasteiger partial charge in [-0.25, -0.2) is 4.39 Å². The van der Waals surface area contributed by atoms with E-state index in [9.17, 15) is 4.39 Å². The van der Waals surface area contributed by atoms with Crippen LogP contribution in [0.25, 0.3) is 0 Å². The zero-order chi connectivity index (χ0) is 10.3. The van der Waals surface area contributed by atoms with Gasteiger partial charge in [-0.15, -0.1) is 12.6 Å². The molecule has 3 heteroatoms. The number of hydrogen-bond donors (Lipinski definition) is 2. The van der Waals surface area contributed by atoms with E-state index in [1.54, 1.807) is 6.07 Å². The first kappa shape index (κ1) is 12.5. The van der Waals surface area contributed by atoms with E-state index in [4.69, 9.17) is 0 Å². The van der Waals surface area contributed by atoms with Crippen molar-refractivity contribution in [2.45, 2.75) is 25.7 Å². The Morgan fingerprint density at radius 2 is 2.00 bits per heavy atom. The summed E-state index contributed by atoms with van der Waals surface area (Å²) < 4.78 is 12.6. The summed E-state index contributed by atoms with van der Waals surface area (Å²) in [6.07, 6.45) is 0. The van der Waals surface area contributed by atoms with Gasteiger partial charge < -0.3 is 5.32 Å². The third-order valence-corrected chi connectivity index (χ3v) is 1.82. The van der Waals surface area contributed by atoms with Gasteiger partial charge in [-0.3, -0.25) is 0 Å². The number of nitrogens with two attached hydrogens (primary N) is 1. The molecule has 0 aliphatic carbocycles. The highest BCUT2D eigenvalue weighted by Gasteiger charge is 2.02. The lowest BCUT2D eigenvalue weighted by atomic mass is 10.3. The van der Waals surface area contributed by atoms with Crippen LogP contribution in [0.1, 0.15) is 20.8 Å². The third-order valence-electron chi connectivity index (χ3n) is 1.41. The summed E-state index contributed by atoms with van der Waals surface area (Å²) in [7, 11) is 0. The van der Waals surface area contributed by atoms with Crippen molar-refractivity contribution >= 4 is 18.3 Å². The molecular formula is C10H17FNS+. The highest BCUT2D eigenvalue weighted by molar-refractivity contribution is 7.80. The van der Waals surface area contributed by atoms with Gasteiger partial charge in [0.25, 0.3) is 0 Å². The zero-order valence-corrected chi connectivity index (χ0v) is 9.24. The number of thiol groups is 1. The maximum atomic E-state index is 12.6. The van der Waals surface area contributed by atoms with Gasteiger partial charge in [-0.2, -0.15) is 0 Å². The molecule has 1 nitrogen and oxygen atoms in total. The monoisotopic (exact) mass is 202 g/mol. The fourth-order valence-electron chi connectivity index (χ4n) is 0.909. The molecule has 1 aromatic carbocycles. The maximum absolute atomic E-state index is 12.6. The van der Waals surface area contributed by atoms with Crippen molar-refractivity contribution < 1.29 is 9.71 Å². The molecular weight excluding hydrogens is 185 g/mol. The van der Waals surface area contributed by atoms with Gasteiger partial charge in [-0.05, 0) is 19.1 Å². The topological polar surface area (TPSA) is 16.6 Å². The molecule has 0 radical (unpaired) electrons. The molecule has 0 aliphatic heterocycles. The van der Waals surface area contributed by atoms with E-state index in [1.165, 1.54) is 12.1 Å². The molecule has 2 N–H and O–H groups in total. The number of hydrogen-bond acceptors (Lipinski definition) is 1. The minimum absolute atomic E-state index is 0.206. The van der Waals surface area contributed by atoms with E-state index in [0.29, 0.717) is 0 Å². The molecule has 0 atom stereocenters. The molecule has 0 heterocycles. The molecule has 0 amide bonds. The van der Waals surface area contributed by atoms with Gasteiger partial charge in [0, 0.05) is 6.07 Å². The van der Waals surface area contributed by atoms with Crippen LogP contribution in [0.4, 0.5) is 10.1 Å². The van der Waals surface area contributed by atoms with Crippen molar-refractivity contribution in [1.29, 1.82) is 0 Å². The van der Waals surface area contributed by atoms with Gasteiger partial charge in [0.05, 0.1) is 11.4 Å². The summed E-state index contributed by atoms with van der Waals surface area (Å²) in [5, 5.41) is 1.95. The van der Waals surface area contributed by atoms with Crippen LogP contribution in [0.5, 0.6) is 0 Å². The molecule has 0 unspecified atom stereocenters. The Hall–Kier alpha value is -0.540. The molecule has 0 fully saturated rings. The second-order valence-corrected chi connectivity index (χ2v) is 2.80. The van der Waals surface area contributed by atoms with Crippen LogP contribution in [0.15, 0.2) is 23.1 Å². The Labute approximate surface area is 84.8 Å². The van der Waals surface area contributed by atoms with Crippen LogP contribution in [-0.2, 0) is 0 Å². The fraction of sp³-hybridized carbons (Fsp3) is 0.400. The molecule has 0 spiro atoms. The molecule has 1 rings (SSSR count). The minimum Gasteiger partial charge on any atom is -0.313 e. The highest BCUT2D eigenvalue weighted by atomic mass is 32.1. The van der Waals surface area contributed by atoms with Crippen molar-refractivity contribution in [3.8, 4) is 0 Å². The van der Waals surface area contributed by atoms with E-state index in [1.807, 2.05) is 26.1 Å². The average Bonchev–Trinajstić information content (AvgIpc) is 2.15. The summed E-state index contributed by atoms with van der Waals surface area (Å²) in [5.74, 6) is -0.206. The van der Waals surface area contributed by atoms with Crippen molar-refractivity contribution in [3.63, 3.8) is 0 Å². The standard InChI is InChI=1S/C8H10FNS.C2H6/c1-2-10-7-5-6(9)3-4-8(7)11;1-2/h3-5,10-11H,2H2,1H3;1-2H3/p+1. The maximum Gasteiger partial charge on any atom is 0.145 e. The lowest BCUT2D eigenvalue weighted by molar-refractivity contribution is -0.570. The number of rotatable bonds is 2. The van der Waals surface area contributed by atoms with Gasteiger partial charge in [0.15, 0.2) is 0 Å². The first-order chi connectivity index (χ1) is 6.24. The Bertz CT molecular complexity index is 251. The Morgan fingerprint density at radius 3 is 2.54 bits per heavy atom. The van der Waals surface area contributed by atoms with Crippen LogP contribution in [0, 0.1) is 5.82 Å². The quantitative estimate of drug-likeness (QED) is 0.541. The Balaban J connectivity index is 0.000000671. The van der Waals surface area contributed by atoms with Crippen LogP contribution < -0.4 is 5.32 Å². The summed E-state index contributed by atoms with van der Waals surface area (Å²) >= 11 is 4.18. The number of halogens is 1. The molecule has 0 saturated carbocycles. The molecule has 0 aliphatic rings. The van der Waals surface area contributed by atoms with Crippen molar-refractivity contribution in [2.75, 3.05) is 6.54 Å². The van der Waals surface area contributed by atoms with Crippen molar-refractivity contribution in [1.82, 2.24) is 0 Å². The van der Waals surface area contributed by atoms with E-state index >= 15 is 0 Å². The molecule has 0 aromatic heterocycles. The lowest BCUT2D eigenvalue weighted by Gasteiger charge is -1.99. The summed E-state index contributed by atoms with van der Waals surface area (Å²) in [6.45, 7) is 6.91. The first-order valence-corrected chi connectivity index (χ1v) is 5.00. The van der Waals surface area contributed by atoms with E-state index in [-0.39, 0.29) is 5.82 Å². The van der Waals surface area contributed by atoms with Gasteiger partial charge in [0.1, 0.15) is 11.5 Å². The van der Waals surface area contributed by atoms with E-state index in [2.05, 4.69) is 12.6 Å². The largest absolute Gasteiger partial charge is 0.313 e. The van der Waals surface area contributed by atoms with Gasteiger partial charge in [0.2, 0.25) is 0 Å². The van der Waals surface area contributed by atoms with Crippen molar-refractivity contribution in [2.24, 2.45) is 0 Å². The van der Waals surface area contributed by atoms with Crippen LogP contribution in [-0.4, -0.2) is 6.54 Å². The molecule has 1 aromatic rings. The minimum atomic E-state index is -0.206. The summed E-state index contributed by atoms with van der Waals surface area (Å²) in [5.41, 5.74) is 0.871. The smallest absolute Gasteiger partial charge is 0.145 e. The van der Waals surface area contributed by atoms with Crippen LogP contribution in [0.3, 0.4) is 0 Å². The normalized spacial score (nSPS) is 9.00. The first-order valence-electron chi connectivity index (χ1n) is 4.55. The highest BCUT2D eigenvalue weighted by Crippen LogP contribution is 2.15. The molecule has 13 heavy (non-hydrogen) atoms. The predicted molar refractivity (Wildman–Crippen MR) is 57.1 cm³/mol. The lowest BCUT2D eigenvalue weighted by Crippen LogP contribution is -2.77. The summed E-state index contributed by atoms with van der Waals surface area (Å²) in [6, 6.07) is 4.57. The Morgan fingerprint density at radius 1 is 1.38 bits per heavy atom. The Kier molecular flexibility index (Phi) is 6.63. The third kappa shape index (κ3) is 4.29. The second-order valence-electron chi connectivity index (χ2n) is 2.32. The van der Waals surface area contributed by atoms with Crippen molar-refractivity contribution in [3.05, 3.63) is 24.0 Å². The van der Waals surface area contributed by atoms with Crippen LogP contribution >= 0.6 is 12.6 Å². The summed E-state index contributed by atoms with van der Waals surface area (Å²) in [4.78, 5) is 0.827. The number of quaternary nitrogens is 1. The zero-order valence-electron chi connectivity index (χ0n) is 8.34. The predicted octanol–water partition coefficient (Wildman–Crippen LogP) is 2.36. The fourth-order valence-corrected chi connectivity index (χ4v) is 1.14. The number of benzene rings is 1.